The van der Waals surface area contributed by atoms with E-state index in [1.54, 1.807) is 4.88 Å². The predicted molar refractivity (Wildman–Crippen MR) is 49.2 cm³/mol. The topological polar surface area (TPSA) is 12.0 Å². The molecule has 11 heavy (non-hydrogen) atoms. The van der Waals surface area contributed by atoms with E-state index >= 15 is 0 Å². The number of hydrogen-bond acceptors (Lipinski definition) is 2. The molecule has 0 saturated heterocycles. The van der Waals surface area contributed by atoms with E-state index < -0.39 is 0 Å². The lowest BCUT2D eigenvalue weighted by Gasteiger charge is -2.25. The standard InChI is InChI=1S/C9H13NS/c1-6-5-10-7(2)8-3-4-11-9(6)8/h3-4,6-7,10H,5H2,1-2H3/t6-,7+/m1/s1. The van der Waals surface area contributed by atoms with Crippen molar-refractivity contribution in [1.29, 1.82) is 0 Å². The van der Waals surface area contributed by atoms with Crippen LogP contribution in [0.4, 0.5) is 0 Å². The second kappa shape index (κ2) is 2.61. The van der Waals surface area contributed by atoms with Crippen molar-refractivity contribution in [1.82, 2.24) is 5.32 Å². The molecule has 2 rings (SSSR count). The molecule has 2 heteroatoms. The summed E-state index contributed by atoms with van der Waals surface area (Å²) < 4.78 is 0. The van der Waals surface area contributed by atoms with Crippen molar-refractivity contribution >= 4 is 11.3 Å². The lowest BCUT2D eigenvalue weighted by atomic mass is 9.97. The molecule has 0 aromatic carbocycles. The van der Waals surface area contributed by atoms with Crippen LogP contribution in [0, 0.1) is 0 Å². The van der Waals surface area contributed by atoms with Gasteiger partial charge in [-0.2, -0.15) is 0 Å². The molecule has 0 amide bonds. The Morgan fingerprint density at radius 2 is 2.36 bits per heavy atom. The quantitative estimate of drug-likeness (QED) is 0.626. The molecule has 0 aliphatic carbocycles. The maximum Gasteiger partial charge on any atom is 0.0303 e. The number of thiophene rings is 1. The minimum absolute atomic E-state index is 0.562. The van der Waals surface area contributed by atoms with E-state index in [4.69, 9.17) is 0 Å². The molecule has 1 aromatic heterocycles. The van der Waals surface area contributed by atoms with E-state index in [0.29, 0.717) is 12.0 Å². The lowest BCUT2D eigenvalue weighted by Crippen LogP contribution is -2.28. The van der Waals surface area contributed by atoms with Gasteiger partial charge < -0.3 is 5.32 Å². The molecule has 0 unspecified atom stereocenters. The maximum atomic E-state index is 3.48. The molecule has 1 nitrogen and oxygen atoms in total. The number of fused-ring (bicyclic) bond motifs is 1. The SMILES string of the molecule is C[C@@H]1CN[C@@H](C)c2ccsc21. The van der Waals surface area contributed by atoms with Gasteiger partial charge in [-0.25, -0.2) is 0 Å². The highest BCUT2D eigenvalue weighted by molar-refractivity contribution is 7.10. The molecule has 0 spiro atoms. The van der Waals surface area contributed by atoms with Gasteiger partial charge in [-0.05, 0) is 23.9 Å². The van der Waals surface area contributed by atoms with Crippen LogP contribution in [-0.4, -0.2) is 6.54 Å². The monoisotopic (exact) mass is 167 g/mol. The molecule has 0 bridgehead atoms. The highest BCUT2D eigenvalue weighted by Crippen LogP contribution is 2.33. The fourth-order valence-electron chi connectivity index (χ4n) is 1.65. The Morgan fingerprint density at radius 3 is 3.09 bits per heavy atom. The zero-order valence-corrected chi connectivity index (χ0v) is 7.74. The van der Waals surface area contributed by atoms with Crippen molar-refractivity contribution in [3.05, 3.63) is 21.9 Å². The van der Waals surface area contributed by atoms with Gasteiger partial charge in [-0.3, -0.25) is 0 Å². The Hall–Kier alpha value is -0.340. The summed E-state index contributed by atoms with van der Waals surface area (Å²) >= 11 is 1.90. The summed E-state index contributed by atoms with van der Waals surface area (Å²) in [5.74, 6) is 0.709. The van der Waals surface area contributed by atoms with Crippen LogP contribution in [0.3, 0.4) is 0 Å². The molecule has 2 heterocycles. The van der Waals surface area contributed by atoms with Crippen LogP contribution < -0.4 is 5.32 Å². The minimum Gasteiger partial charge on any atom is -0.310 e. The molecular formula is C9H13NS. The van der Waals surface area contributed by atoms with Crippen molar-refractivity contribution < 1.29 is 0 Å². The van der Waals surface area contributed by atoms with Gasteiger partial charge in [0.15, 0.2) is 0 Å². The summed E-state index contributed by atoms with van der Waals surface area (Å²) in [4.78, 5) is 1.58. The van der Waals surface area contributed by atoms with E-state index in [1.165, 1.54) is 5.56 Å². The highest BCUT2D eigenvalue weighted by atomic mass is 32.1. The molecule has 1 N–H and O–H groups in total. The van der Waals surface area contributed by atoms with Crippen LogP contribution in [0.15, 0.2) is 11.4 Å². The third-order valence-corrected chi connectivity index (χ3v) is 3.54. The fraction of sp³-hybridized carbons (Fsp3) is 0.556. The second-order valence-corrected chi connectivity index (χ2v) is 4.22. The zero-order chi connectivity index (χ0) is 7.84. The van der Waals surface area contributed by atoms with Gasteiger partial charge in [0, 0.05) is 23.4 Å². The van der Waals surface area contributed by atoms with E-state index in [2.05, 4.69) is 30.6 Å². The second-order valence-electron chi connectivity index (χ2n) is 3.27. The van der Waals surface area contributed by atoms with Crippen LogP contribution in [0.25, 0.3) is 0 Å². The molecule has 2 atom stereocenters. The van der Waals surface area contributed by atoms with Crippen molar-refractivity contribution in [3.63, 3.8) is 0 Å². The van der Waals surface area contributed by atoms with Crippen LogP contribution in [0.2, 0.25) is 0 Å². The summed E-state index contributed by atoms with van der Waals surface area (Å²) in [6.45, 7) is 5.65. The summed E-state index contributed by atoms with van der Waals surface area (Å²) in [5, 5.41) is 5.68. The molecule has 60 valence electrons. The van der Waals surface area contributed by atoms with Crippen molar-refractivity contribution in [3.8, 4) is 0 Å². The van der Waals surface area contributed by atoms with E-state index in [1.807, 2.05) is 11.3 Å². The Morgan fingerprint density at radius 1 is 1.55 bits per heavy atom. The van der Waals surface area contributed by atoms with E-state index in [9.17, 15) is 0 Å². The van der Waals surface area contributed by atoms with Crippen molar-refractivity contribution in [2.45, 2.75) is 25.8 Å². The Kier molecular flexibility index (Phi) is 1.74. The Balaban J connectivity index is 2.43. The van der Waals surface area contributed by atoms with Gasteiger partial charge in [0.2, 0.25) is 0 Å². The third kappa shape index (κ3) is 1.10. The largest absolute Gasteiger partial charge is 0.310 e. The van der Waals surface area contributed by atoms with Gasteiger partial charge in [-0.15, -0.1) is 11.3 Å². The first-order chi connectivity index (χ1) is 5.29. The first-order valence-electron chi connectivity index (χ1n) is 4.09. The van der Waals surface area contributed by atoms with Gasteiger partial charge in [0.1, 0.15) is 0 Å². The molecule has 0 fully saturated rings. The van der Waals surface area contributed by atoms with Crippen molar-refractivity contribution in [2.24, 2.45) is 0 Å². The Bertz CT molecular complexity index is 229. The fourth-order valence-corrected chi connectivity index (χ4v) is 2.70. The van der Waals surface area contributed by atoms with Gasteiger partial charge >= 0.3 is 0 Å². The molecular weight excluding hydrogens is 154 g/mol. The predicted octanol–water partition coefficient (Wildman–Crippen LogP) is 2.52. The third-order valence-electron chi connectivity index (χ3n) is 2.37. The highest BCUT2D eigenvalue weighted by Gasteiger charge is 2.21. The van der Waals surface area contributed by atoms with Crippen LogP contribution in [0.1, 0.15) is 36.2 Å². The minimum atomic E-state index is 0.562. The summed E-state index contributed by atoms with van der Waals surface area (Å²) in [5.41, 5.74) is 1.51. The first-order valence-corrected chi connectivity index (χ1v) is 4.97. The van der Waals surface area contributed by atoms with Crippen molar-refractivity contribution in [2.75, 3.05) is 6.54 Å². The van der Waals surface area contributed by atoms with Crippen LogP contribution >= 0.6 is 11.3 Å². The smallest absolute Gasteiger partial charge is 0.0303 e. The van der Waals surface area contributed by atoms with Crippen LogP contribution in [-0.2, 0) is 0 Å². The summed E-state index contributed by atoms with van der Waals surface area (Å²) in [7, 11) is 0. The zero-order valence-electron chi connectivity index (χ0n) is 6.92. The van der Waals surface area contributed by atoms with Gasteiger partial charge in [0.05, 0.1) is 0 Å². The first kappa shape index (κ1) is 7.32. The molecule has 1 aliphatic rings. The summed E-state index contributed by atoms with van der Waals surface area (Å²) in [6.07, 6.45) is 0. The summed E-state index contributed by atoms with van der Waals surface area (Å²) in [6, 6.07) is 2.81. The molecule has 0 saturated carbocycles. The maximum absolute atomic E-state index is 3.48. The molecule has 1 aromatic rings. The normalized spacial score (nSPS) is 30.0. The van der Waals surface area contributed by atoms with E-state index in [0.717, 1.165) is 6.54 Å². The average Bonchev–Trinajstić information content (AvgIpc) is 2.45. The number of nitrogens with one attached hydrogen (secondary N) is 1. The van der Waals surface area contributed by atoms with E-state index in [-0.39, 0.29) is 0 Å². The van der Waals surface area contributed by atoms with Gasteiger partial charge in [-0.1, -0.05) is 6.92 Å². The average molecular weight is 167 g/mol. The molecule has 1 aliphatic heterocycles. The van der Waals surface area contributed by atoms with Crippen LogP contribution in [0.5, 0.6) is 0 Å². The number of hydrogen-bond donors (Lipinski definition) is 1. The van der Waals surface area contributed by atoms with Gasteiger partial charge in [0.25, 0.3) is 0 Å². The molecule has 0 radical (unpaired) electrons. The number of rotatable bonds is 0. The lowest BCUT2D eigenvalue weighted by molar-refractivity contribution is 0.502. The Labute approximate surface area is 71.4 Å².